The first kappa shape index (κ1) is 27.9. The van der Waals surface area contributed by atoms with Crippen molar-refractivity contribution in [2.75, 3.05) is 18.4 Å². The molecule has 206 valence electrons. The van der Waals surface area contributed by atoms with Gasteiger partial charge < -0.3 is 13.9 Å². The van der Waals surface area contributed by atoms with E-state index in [0.717, 1.165) is 38.2 Å². The first-order chi connectivity index (χ1) is 18.7. The molecule has 4 rings (SSSR count). The van der Waals surface area contributed by atoms with Crippen LogP contribution in [0.25, 0.3) is 21.7 Å². The van der Waals surface area contributed by atoms with E-state index in [1.54, 1.807) is 31.2 Å². The van der Waals surface area contributed by atoms with E-state index in [1.165, 1.54) is 25.3 Å². The molecule has 11 heteroatoms. The number of anilines is 1. The van der Waals surface area contributed by atoms with E-state index in [9.17, 15) is 23.3 Å². The van der Waals surface area contributed by atoms with E-state index in [1.807, 2.05) is 0 Å². The highest BCUT2D eigenvalue weighted by molar-refractivity contribution is 7.92. The Labute approximate surface area is 226 Å². The molecule has 10 nitrogen and oxygen atoms in total. The van der Waals surface area contributed by atoms with Gasteiger partial charge in [-0.25, -0.2) is 13.2 Å². The summed E-state index contributed by atoms with van der Waals surface area (Å²) in [6.45, 7) is 4.07. The number of methoxy groups -OCH3 is 1. The van der Waals surface area contributed by atoms with E-state index in [4.69, 9.17) is 13.9 Å². The Kier molecular flexibility index (Phi) is 8.39. The quantitative estimate of drug-likeness (QED) is 0.0879. The van der Waals surface area contributed by atoms with E-state index in [0.29, 0.717) is 27.5 Å². The average Bonchev–Trinajstić information content (AvgIpc) is 3.25. The number of hydrogen-bond donors (Lipinski definition) is 1. The van der Waals surface area contributed by atoms with Gasteiger partial charge in [-0.1, -0.05) is 56.9 Å². The number of hydrogen-bond acceptors (Lipinski definition) is 8. The van der Waals surface area contributed by atoms with Gasteiger partial charge in [0.1, 0.15) is 16.9 Å². The van der Waals surface area contributed by atoms with Gasteiger partial charge in [-0.3, -0.25) is 14.8 Å². The number of unbranched alkanes of at least 4 members (excludes halogenated alkanes) is 4. The van der Waals surface area contributed by atoms with Gasteiger partial charge in [-0.15, -0.1) is 0 Å². The number of carbonyl (C=O) groups is 1. The molecule has 39 heavy (non-hydrogen) atoms. The summed E-state index contributed by atoms with van der Waals surface area (Å²) >= 11 is 0. The van der Waals surface area contributed by atoms with E-state index < -0.39 is 26.6 Å². The van der Waals surface area contributed by atoms with Crippen LogP contribution in [-0.2, 0) is 14.8 Å². The average molecular weight is 555 g/mol. The van der Waals surface area contributed by atoms with Gasteiger partial charge in [0, 0.05) is 22.2 Å². The zero-order chi connectivity index (χ0) is 28.2. The number of nitrogens with zero attached hydrogens (tertiary/aromatic N) is 1. The third-order valence-electron chi connectivity index (χ3n) is 6.46. The molecule has 1 heterocycles. The number of ether oxygens (including phenoxy) is 2. The van der Waals surface area contributed by atoms with Crippen molar-refractivity contribution in [1.82, 2.24) is 0 Å². The number of rotatable bonds is 12. The number of nitro benzene ring substituents is 1. The maximum atomic E-state index is 13.3. The molecule has 0 fully saturated rings. The Morgan fingerprint density at radius 3 is 2.44 bits per heavy atom. The number of furan rings is 1. The van der Waals surface area contributed by atoms with E-state index in [2.05, 4.69) is 11.6 Å². The second-order valence-electron chi connectivity index (χ2n) is 9.13. The van der Waals surface area contributed by atoms with Crippen molar-refractivity contribution in [1.29, 1.82) is 0 Å². The molecule has 0 saturated carbocycles. The van der Waals surface area contributed by atoms with Crippen molar-refractivity contribution in [2.45, 2.75) is 50.8 Å². The van der Waals surface area contributed by atoms with Gasteiger partial charge in [-0.05, 0) is 31.5 Å². The lowest BCUT2D eigenvalue weighted by molar-refractivity contribution is -0.386. The lowest BCUT2D eigenvalue weighted by Crippen LogP contribution is -2.14. The lowest BCUT2D eigenvalue weighted by Gasteiger charge is -2.12. The fourth-order valence-corrected chi connectivity index (χ4v) is 5.59. The highest BCUT2D eigenvalue weighted by atomic mass is 32.2. The molecular weight excluding hydrogens is 524 g/mol. The van der Waals surface area contributed by atoms with Crippen molar-refractivity contribution in [2.24, 2.45) is 0 Å². The molecule has 3 aromatic carbocycles. The predicted molar refractivity (Wildman–Crippen MR) is 148 cm³/mol. The predicted octanol–water partition coefficient (Wildman–Crippen LogP) is 6.74. The minimum absolute atomic E-state index is 0.0618. The second-order valence-corrected chi connectivity index (χ2v) is 10.8. The largest absolute Gasteiger partial charge is 0.490 e. The normalized spacial score (nSPS) is 11.6. The van der Waals surface area contributed by atoms with Crippen LogP contribution in [0.1, 0.15) is 55.1 Å². The number of aryl methyl sites for hydroxylation is 1. The first-order valence-electron chi connectivity index (χ1n) is 12.6. The Bertz CT molecular complexity index is 1640. The van der Waals surface area contributed by atoms with Crippen LogP contribution in [0, 0.1) is 17.0 Å². The molecule has 1 N–H and O–H groups in total. The summed E-state index contributed by atoms with van der Waals surface area (Å²) < 4.78 is 45.7. The number of nitro groups is 1. The van der Waals surface area contributed by atoms with Crippen molar-refractivity contribution in [3.8, 4) is 5.75 Å². The zero-order valence-electron chi connectivity index (χ0n) is 22.0. The van der Waals surface area contributed by atoms with Gasteiger partial charge in [0.25, 0.3) is 10.0 Å². The molecule has 0 aliphatic carbocycles. The van der Waals surface area contributed by atoms with Crippen LogP contribution in [0.3, 0.4) is 0 Å². The summed E-state index contributed by atoms with van der Waals surface area (Å²) in [7, 11) is -3.00. The molecule has 0 aliphatic heterocycles. The summed E-state index contributed by atoms with van der Waals surface area (Å²) in [5.74, 6) is -0.248. The number of benzene rings is 3. The van der Waals surface area contributed by atoms with Gasteiger partial charge in [-0.2, -0.15) is 0 Å². The highest BCUT2D eigenvalue weighted by Crippen LogP contribution is 2.38. The number of fused-ring (bicyclic) bond motifs is 3. The fourth-order valence-electron chi connectivity index (χ4n) is 4.50. The summed E-state index contributed by atoms with van der Waals surface area (Å²) in [6, 6.07) is 11.9. The zero-order valence-corrected chi connectivity index (χ0v) is 22.8. The minimum atomic E-state index is -4.26. The van der Waals surface area contributed by atoms with Crippen LogP contribution < -0.4 is 9.46 Å². The molecule has 0 saturated heterocycles. The second kappa shape index (κ2) is 11.7. The molecule has 0 amide bonds. The van der Waals surface area contributed by atoms with E-state index >= 15 is 0 Å². The van der Waals surface area contributed by atoms with Crippen LogP contribution in [0.2, 0.25) is 0 Å². The lowest BCUT2D eigenvalue weighted by atomic mass is 10.0. The maximum absolute atomic E-state index is 13.3. The SMILES string of the molecule is CCCCCCCOC(=O)c1c(C)oc2c1cc(NS(=O)(=O)c1ccc(OC)c([N+](=O)[O-])c1)c1ccccc12. The molecule has 0 unspecified atom stereocenters. The van der Waals surface area contributed by atoms with Gasteiger partial charge in [0.05, 0.1) is 29.2 Å². The monoisotopic (exact) mass is 554 g/mol. The fraction of sp³-hybridized carbons (Fsp3) is 0.321. The summed E-state index contributed by atoms with van der Waals surface area (Å²) in [5, 5.41) is 13.0. The molecule has 0 spiro atoms. The summed E-state index contributed by atoms with van der Waals surface area (Å²) in [6.07, 6.45) is 5.05. The Morgan fingerprint density at radius 2 is 1.74 bits per heavy atom. The topological polar surface area (TPSA) is 138 Å². The molecule has 1 aromatic heterocycles. The van der Waals surface area contributed by atoms with Crippen molar-refractivity contribution in [3.63, 3.8) is 0 Å². The standard InChI is InChI=1S/C28H30N2O8S/c1-4-5-6-7-10-15-37-28(31)26-18(2)38-27-21-12-9-8-11-20(21)23(17-22(26)27)29-39(34,35)19-13-14-25(36-3)24(16-19)30(32)33/h8-9,11-14,16-17,29H,4-7,10,15H2,1-3H3. The van der Waals surface area contributed by atoms with Crippen LogP contribution in [0.4, 0.5) is 11.4 Å². The van der Waals surface area contributed by atoms with Crippen molar-refractivity contribution >= 4 is 49.1 Å². The van der Waals surface area contributed by atoms with Crippen LogP contribution in [0.5, 0.6) is 5.75 Å². The van der Waals surface area contributed by atoms with Crippen LogP contribution >= 0.6 is 0 Å². The number of nitrogens with one attached hydrogen (secondary N) is 1. The van der Waals surface area contributed by atoms with Crippen LogP contribution in [0.15, 0.2) is 57.8 Å². The molecular formula is C28H30N2O8S. The maximum Gasteiger partial charge on any atom is 0.342 e. The smallest absolute Gasteiger partial charge is 0.342 e. The van der Waals surface area contributed by atoms with Gasteiger partial charge in [0.15, 0.2) is 5.75 Å². The third kappa shape index (κ3) is 5.83. The molecule has 0 aliphatic rings. The minimum Gasteiger partial charge on any atom is -0.490 e. The summed E-state index contributed by atoms with van der Waals surface area (Å²) in [5.41, 5.74) is 0.364. The van der Waals surface area contributed by atoms with Crippen molar-refractivity contribution in [3.05, 3.63) is 70.0 Å². The molecule has 0 bridgehead atoms. The van der Waals surface area contributed by atoms with Gasteiger partial charge >= 0.3 is 11.7 Å². The van der Waals surface area contributed by atoms with Gasteiger partial charge in [0.2, 0.25) is 0 Å². The first-order valence-corrected chi connectivity index (χ1v) is 14.1. The third-order valence-corrected chi connectivity index (χ3v) is 7.82. The van der Waals surface area contributed by atoms with E-state index in [-0.39, 0.29) is 28.5 Å². The highest BCUT2D eigenvalue weighted by Gasteiger charge is 2.26. The molecule has 4 aromatic rings. The van der Waals surface area contributed by atoms with Crippen LogP contribution in [-0.4, -0.2) is 33.0 Å². The number of esters is 1. The Hall–Kier alpha value is -4.12. The van der Waals surface area contributed by atoms with Crippen molar-refractivity contribution < 1.29 is 32.0 Å². The Morgan fingerprint density at radius 1 is 1.03 bits per heavy atom. The molecule has 0 radical (unpaired) electrons. The Balaban J connectivity index is 1.73. The number of carbonyl (C=O) groups excluding carboxylic acids is 1. The number of sulfonamides is 1. The summed E-state index contributed by atoms with van der Waals surface area (Å²) in [4.78, 5) is 23.5. The molecule has 0 atom stereocenters.